The van der Waals surface area contributed by atoms with Crippen LogP contribution in [0.1, 0.15) is 19.3 Å². The van der Waals surface area contributed by atoms with E-state index in [-0.39, 0.29) is 29.6 Å². The van der Waals surface area contributed by atoms with Crippen molar-refractivity contribution < 1.29 is 13.2 Å². The normalized spacial score (nSPS) is 32.0. The lowest BCUT2D eigenvalue weighted by Crippen LogP contribution is -2.51. The van der Waals surface area contributed by atoms with Crippen LogP contribution >= 0.6 is 0 Å². The third-order valence-corrected chi connectivity index (χ3v) is 4.97. The molecule has 0 bridgehead atoms. The summed E-state index contributed by atoms with van der Waals surface area (Å²) in [6.07, 6.45) is 2.56. The third kappa shape index (κ3) is 3.85. The number of hydrogen-bond donors (Lipinski definition) is 3. The minimum Gasteiger partial charge on any atom is -0.334 e. The molecular formula is C10H19N3O3S. The second-order valence-corrected chi connectivity index (χ2v) is 6.99. The molecule has 2 saturated heterocycles. The number of nitrogens with one attached hydrogen (secondary N) is 3. The van der Waals surface area contributed by atoms with Gasteiger partial charge in [-0.05, 0) is 25.8 Å². The Hall–Kier alpha value is -0.820. The number of sulfone groups is 1. The largest absolute Gasteiger partial charge is 0.334 e. The van der Waals surface area contributed by atoms with Crippen LogP contribution in [-0.2, 0) is 9.84 Å². The minimum atomic E-state index is -2.93. The van der Waals surface area contributed by atoms with Gasteiger partial charge in [0.05, 0.1) is 11.5 Å². The summed E-state index contributed by atoms with van der Waals surface area (Å²) in [6.45, 7) is 1.79. The maximum Gasteiger partial charge on any atom is 0.315 e. The molecule has 3 N–H and O–H groups in total. The molecule has 0 spiro atoms. The van der Waals surface area contributed by atoms with E-state index in [2.05, 4.69) is 16.0 Å². The van der Waals surface area contributed by atoms with Gasteiger partial charge in [-0.2, -0.15) is 0 Å². The van der Waals surface area contributed by atoms with Crippen molar-refractivity contribution in [3.05, 3.63) is 0 Å². The van der Waals surface area contributed by atoms with Crippen molar-refractivity contribution in [1.29, 1.82) is 0 Å². The van der Waals surface area contributed by atoms with Crippen molar-refractivity contribution in [3.63, 3.8) is 0 Å². The molecule has 0 aliphatic carbocycles. The number of hydrogen-bond acceptors (Lipinski definition) is 4. The first-order valence-electron chi connectivity index (χ1n) is 6.03. The van der Waals surface area contributed by atoms with Gasteiger partial charge in [-0.3, -0.25) is 0 Å². The van der Waals surface area contributed by atoms with Crippen molar-refractivity contribution in [3.8, 4) is 0 Å². The van der Waals surface area contributed by atoms with Crippen molar-refractivity contribution in [2.24, 2.45) is 0 Å². The monoisotopic (exact) mass is 261 g/mol. The standard InChI is InChI=1S/C10H19N3O3S/c14-10(12-8-2-1-4-11-6-8)13-9-3-5-17(15,16)7-9/h8-9,11H,1-7H2,(H2,12,13,14). The van der Waals surface area contributed by atoms with E-state index >= 15 is 0 Å². The summed E-state index contributed by atoms with van der Waals surface area (Å²) in [4.78, 5) is 11.6. The van der Waals surface area contributed by atoms with Gasteiger partial charge in [0.1, 0.15) is 0 Å². The Morgan fingerprint density at radius 2 is 1.94 bits per heavy atom. The molecule has 0 saturated carbocycles. The van der Waals surface area contributed by atoms with E-state index in [0.717, 1.165) is 25.9 Å². The van der Waals surface area contributed by atoms with E-state index in [1.165, 1.54) is 0 Å². The molecule has 2 heterocycles. The van der Waals surface area contributed by atoms with Crippen molar-refractivity contribution >= 4 is 15.9 Å². The molecule has 2 unspecified atom stereocenters. The van der Waals surface area contributed by atoms with Crippen LogP contribution in [0.25, 0.3) is 0 Å². The summed E-state index contributed by atoms with van der Waals surface area (Å²) in [5.41, 5.74) is 0. The first-order chi connectivity index (χ1) is 8.05. The molecule has 2 amide bonds. The van der Waals surface area contributed by atoms with Crippen molar-refractivity contribution in [2.45, 2.75) is 31.3 Å². The summed E-state index contributed by atoms with van der Waals surface area (Å²) >= 11 is 0. The van der Waals surface area contributed by atoms with Crippen LogP contribution in [0.3, 0.4) is 0 Å². The zero-order chi connectivity index (χ0) is 12.3. The molecule has 2 aliphatic heterocycles. The number of urea groups is 1. The summed E-state index contributed by atoms with van der Waals surface area (Å²) < 4.78 is 22.5. The maximum absolute atomic E-state index is 11.6. The van der Waals surface area contributed by atoms with E-state index in [1.54, 1.807) is 0 Å². The van der Waals surface area contributed by atoms with Crippen LogP contribution in [0, 0.1) is 0 Å². The molecule has 0 aromatic heterocycles. The highest BCUT2D eigenvalue weighted by molar-refractivity contribution is 7.91. The van der Waals surface area contributed by atoms with Crippen molar-refractivity contribution in [1.82, 2.24) is 16.0 Å². The maximum atomic E-state index is 11.6. The van der Waals surface area contributed by atoms with Gasteiger partial charge in [0.25, 0.3) is 0 Å². The molecule has 0 aromatic carbocycles. The van der Waals surface area contributed by atoms with Crippen LogP contribution in [0.2, 0.25) is 0 Å². The van der Waals surface area contributed by atoms with E-state index < -0.39 is 9.84 Å². The number of piperidine rings is 1. The molecule has 6 nitrogen and oxygen atoms in total. The first kappa shape index (κ1) is 12.6. The first-order valence-corrected chi connectivity index (χ1v) is 7.85. The smallest absolute Gasteiger partial charge is 0.315 e. The molecule has 2 aliphatic rings. The quantitative estimate of drug-likeness (QED) is 0.609. The highest BCUT2D eigenvalue weighted by Gasteiger charge is 2.29. The van der Waals surface area contributed by atoms with Crippen LogP contribution < -0.4 is 16.0 Å². The number of carbonyl (C=O) groups excluding carboxylic acids is 1. The summed E-state index contributed by atoms with van der Waals surface area (Å²) in [6, 6.07) is -0.320. The second-order valence-electron chi connectivity index (χ2n) is 4.76. The van der Waals surface area contributed by atoms with Crippen LogP contribution in [0.4, 0.5) is 4.79 Å². The van der Waals surface area contributed by atoms with Crippen LogP contribution in [0.15, 0.2) is 0 Å². The molecular weight excluding hydrogens is 242 g/mol. The van der Waals surface area contributed by atoms with E-state index in [4.69, 9.17) is 0 Å². The Morgan fingerprint density at radius 3 is 2.53 bits per heavy atom. The van der Waals surface area contributed by atoms with Crippen molar-refractivity contribution in [2.75, 3.05) is 24.6 Å². The van der Waals surface area contributed by atoms with Gasteiger partial charge in [-0.15, -0.1) is 0 Å². The lowest BCUT2D eigenvalue weighted by atomic mass is 10.1. The Bertz CT molecular complexity index is 376. The summed E-state index contributed by atoms with van der Waals surface area (Å²) in [5.74, 6) is 0.256. The zero-order valence-corrected chi connectivity index (χ0v) is 10.6. The van der Waals surface area contributed by atoms with Gasteiger partial charge in [-0.1, -0.05) is 0 Å². The fraction of sp³-hybridized carbons (Fsp3) is 0.900. The van der Waals surface area contributed by atoms with Gasteiger partial charge in [0.15, 0.2) is 9.84 Å². The summed E-state index contributed by atoms with van der Waals surface area (Å²) in [5, 5.41) is 8.80. The Labute approximate surface area is 101 Å². The van der Waals surface area contributed by atoms with Gasteiger partial charge >= 0.3 is 6.03 Å². The van der Waals surface area contributed by atoms with Gasteiger partial charge in [0.2, 0.25) is 0 Å². The van der Waals surface area contributed by atoms with Gasteiger partial charge in [-0.25, -0.2) is 13.2 Å². The van der Waals surface area contributed by atoms with E-state index in [1.807, 2.05) is 0 Å². The average molecular weight is 261 g/mol. The molecule has 17 heavy (non-hydrogen) atoms. The molecule has 0 aromatic rings. The number of carbonyl (C=O) groups is 1. The third-order valence-electron chi connectivity index (χ3n) is 3.20. The minimum absolute atomic E-state index is 0.0728. The molecule has 2 atom stereocenters. The van der Waals surface area contributed by atoms with Gasteiger partial charge in [0, 0.05) is 18.6 Å². The molecule has 2 fully saturated rings. The van der Waals surface area contributed by atoms with E-state index in [0.29, 0.717) is 6.42 Å². The predicted molar refractivity (Wildman–Crippen MR) is 64.6 cm³/mol. The topological polar surface area (TPSA) is 87.3 Å². The summed E-state index contributed by atoms with van der Waals surface area (Å²) in [7, 11) is -2.93. The highest BCUT2D eigenvalue weighted by atomic mass is 32.2. The van der Waals surface area contributed by atoms with Crippen LogP contribution in [0.5, 0.6) is 0 Å². The average Bonchev–Trinajstić information content (AvgIpc) is 2.59. The fourth-order valence-corrected chi connectivity index (χ4v) is 3.97. The number of amides is 2. The lowest BCUT2D eigenvalue weighted by molar-refractivity contribution is 0.231. The lowest BCUT2D eigenvalue weighted by Gasteiger charge is -2.24. The molecule has 2 rings (SSSR count). The Morgan fingerprint density at radius 1 is 1.18 bits per heavy atom. The fourth-order valence-electron chi connectivity index (χ4n) is 2.30. The molecule has 7 heteroatoms. The number of rotatable bonds is 2. The SMILES string of the molecule is O=C(NC1CCCNC1)NC1CCS(=O)(=O)C1. The highest BCUT2D eigenvalue weighted by Crippen LogP contribution is 2.11. The second kappa shape index (κ2) is 5.22. The zero-order valence-electron chi connectivity index (χ0n) is 9.74. The van der Waals surface area contributed by atoms with E-state index in [9.17, 15) is 13.2 Å². The van der Waals surface area contributed by atoms with Gasteiger partial charge < -0.3 is 16.0 Å². The molecule has 98 valence electrons. The Kier molecular flexibility index (Phi) is 3.88. The Balaban J connectivity index is 1.74. The molecule has 0 radical (unpaired) electrons. The van der Waals surface area contributed by atoms with Crippen LogP contribution in [-0.4, -0.2) is 51.1 Å². The predicted octanol–water partition coefficient (Wildman–Crippen LogP) is -0.775.